The molecular formula is C20H20F2N4O2. The smallest absolute Gasteiger partial charge is 0.268 e. The number of nitriles is 1. The van der Waals surface area contributed by atoms with Gasteiger partial charge >= 0.3 is 0 Å². The van der Waals surface area contributed by atoms with Crippen molar-refractivity contribution in [2.24, 2.45) is 0 Å². The van der Waals surface area contributed by atoms with Gasteiger partial charge in [0.15, 0.2) is 0 Å². The fraction of sp³-hybridized carbons (Fsp3) is 0.400. The van der Waals surface area contributed by atoms with Gasteiger partial charge in [-0.25, -0.2) is 8.78 Å². The second kappa shape index (κ2) is 7.50. The molecule has 28 heavy (non-hydrogen) atoms. The van der Waals surface area contributed by atoms with Gasteiger partial charge < -0.3 is 10.2 Å². The third kappa shape index (κ3) is 3.93. The van der Waals surface area contributed by atoms with Crippen LogP contribution < -0.4 is 5.32 Å². The average molecular weight is 386 g/mol. The zero-order chi connectivity index (χ0) is 20.5. The molecule has 1 fully saturated rings. The van der Waals surface area contributed by atoms with Gasteiger partial charge in [-0.15, -0.1) is 0 Å². The highest BCUT2D eigenvalue weighted by Gasteiger charge is 2.47. The average Bonchev–Trinajstić information content (AvgIpc) is 2.99. The van der Waals surface area contributed by atoms with Gasteiger partial charge in [-0.3, -0.25) is 14.6 Å². The van der Waals surface area contributed by atoms with E-state index >= 15 is 0 Å². The molecule has 1 aliphatic heterocycles. The second-order valence-electron chi connectivity index (χ2n) is 7.20. The van der Waals surface area contributed by atoms with Crippen molar-refractivity contribution < 1.29 is 18.4 Å². The molecule has 0 spiro atoms. The molecule has 6 nitrogen and oxygen atoms in total. The van der Waals surface area contributed by atoms with E-state index in [0.29, 0.717) is 16.5 Å². The van der Waals surface area contributed by atoms with Crippen LogP contribution in [0.1, 0.15) is 42.1 Å². The van der Waals surface area contributed by atoms with E-state index in [2.05, 4.69) is 10.3 Å². The standard InChI is InChI=1S/C20H20F2N4O2/c1-12(2)13-3-4-17-16(7-13)15(5-6-24-17)19(28)25-10-18(27)26-11-20(21,22)8-14(26)9-23/h3-7,12,14H,8,10-11H2,1-2H3,(H,25,28)/t14-/m1/s1. The zero-order valence-electron chi connectivity index (χ0n) is 15.6. The highest BCUT2D eigenvalue weighted by molar-refractivity contribution is 6.07. The Labute approximate surface area is 161 Å². The number of pyridine rings is 1. The van der Waals surface area contributed by atoms with Gasteiger partial charge in [0.05, 0.1) is 30.2 Å². The predicted molar refractivity (Wildman–Crippen MR) is 98.8 cm³/mol. The molecule has 1 atom stereocenters. The van der Waals surface area contributed by atoms with E-state index in [1.54, 1.807) is 12.1 Å². The number of halogens is 2. The molecule has 0 unspecified atom stereocenters. The minimum absolute atomic E-state index is 0.266. The van der Waals surface area contributed by atoms with Crippen LogP contribution in [0.3, 0.4) is 0 Å². The van der Waals surface area contributed by atoms with Gasteiger partial charge in [0, 0.05) is 18.0 Å². The highest BCUT2D eigenvalue weighted by Crippen LogP contribution is 2.31. The molecule has 1 saturated heterocycles. The summed E-state index contributed by atoms with van der Waals surface area (Å²) in [7, 11) is 0. The number of nitrogens with one attached hydrogen (secondary N) is 1. The van der Waals surface area contributed by atoms with Crippen molar-refractivity contribution in [3.05, 3.63) is 41.6 Å². The minimum Gasteiger partial charge on any atom is -0.343 e. The molecule has 1 aromatic heterocycles. The van der Waals surface area contributed by atoms with Crippen LogP contribution in [0, 0.1) is 11.3 Å². The lowest BCUT2D eigenvalue weighted by Crippen LogP contribution is -2.43. The molecule has 146 valence electrons. The first kappa shape index (κ1) is 19.7. The fourth-order valence-electron chi connectivity index (χ4n) is 3.27. The Morgan fingerprint density at radius 1 is 1.39 bits per heavy atom. The Balaban J connectivity index is 1.76. The molecule has 2 heterocycles. The van der Waals surface area contributed by atoms with Crippen LogP contribution in [0.15, 0.2) is 30.5 Å². The lowest BCUT2D eigenvalue weighted by molar-refractivity contribution is -0.131. The summed E-state index contributed by atoms with van der Waals surface area (Å²) in [5.74, 6) is -4.03. The van der Waals surface area contributed by atoms with Crippen molar-refractivity contribution in [1.82, 2.24) is 15.2 Å². The topological polar surface area (TPSA) is 86.1 Å². The SMILES string of the molecule is CC(C)c1ccc2nccc(C(=O)NCC(=O)N3CC(F)(F)C[C@@H]3C#N)c2c1. The van der Waals surface area contributed by atoms with Crippen LogP contribution in [-0.4, -0.2) is 46.8 Å². The van der Waals surface area contributed by atoms with Crippen LogP contribution in [-0.2, 0) is 4.79 Å². The van der Waals surface area contributed by atoms with E-state index in [1.165, 1.54) is 6.20 Å². The van der Waals surface area contributed by atoms with Crippen molar-refractivity contribution in [3.8, 4) is 6.07 Å². The summed E-state index contributed by atoms with van der Waals surface area (Å²) in [5.41, 5.74) is 2.04. The first-order chi connectivity index (χ1) is 13.2. The molecule has 0 aliphatic carbocycles. The van der Waals surface area contributed by atoms with E-state index in [-0.39, 0.29) is 5.92 Å². The Hall–Kier alpha value is -3.08. The van der Waals surface area contributed by atoms with Crippen LogP contribution in [0.2, 0.25) is 0 Å². The van der Waals surface area contributed by atoms with E-state index in [0.717, 1.165) is 10.5 Å². The summed E-state index contributed by atoms with van der Waals surface area (Å²) in [6.45, 7) is 2.80. The second-order valence-corrected chi connectivity index (χ2v) is 7.20. The van der Waals surface area contributed by atoms with Crippen molar-refractivity contribution in [2.45, 2.75) is 38.2 Å². The Morgan fingerprint density at radius 2 is 2.14 bits per heavy atom. The van der Waals surface area contributed by atoms with Gasteiger partial charge in [0.1, 0.15) is 6.04 Å². The zero-order valence-corrected chi connectivity index (χ0v) is 15.6. The Bertz CT molecular complexity index is 968. The molecule has 2 amide bonds. The van der Waals surface area contributed by atoms with Gasteiger partial charge in [-0.2, -0.15) is 5.26 Å². The largest absolute Gasteiger partial charge is 0.343 e. The van der Waals surface area contributed by atoms with Crippen molar-refractivity contribution in [3.63, 3.8) is 0 Å². The maximum atomic E-state index is 13.5. The lowest BCUT2D eigenvalue weighted by atomic mass is 9.99. The molecule has 0 saturated carbocycles. The summed E-state index contributed by atoms with van der Waals surface area (Å²) in [6.07, 6.45) is 0.816. The number of benzene rings is 1. The highest BCUT2D eigenvalue weighted by atomic mass is 19.3. The number of carbonyl (C=O) groups excluding carboxylic acids is 2. The summed E-state index contributed by atoms with van der Waals surface area (Å²) in [4.78, 5) is 29.9. The van der Waals surface area contributed by atoms with Gasteiger partial charge in [0.25, 0.3) is 11.8 Å². The summed E-state index contributed by atoms with van der Waals surface area (Å²) in [5, 5.41) is 12.1. The summed E-state index contributed by atoms with van der Waals surface area (Å²) in [6, 6.07) is 7.74. The monoisotopic (exact) mass is 386 g/mol. The maximum Gasteiger partial charge on any atom is 0.268 e. The number of alkyl halides is 2. The third-order valence-electron chi connectivity index (χ3n) is 4.82. The lowest BCUT2D eigenvalue weighted by Gasteiger charge is -2.19. The fourth-order valence-corrected chi connectivity index (χ4v) is 3.27. The molecule has 1 N–H and O–H groups in total. The summed E-state index contributed by atoms with van der Waals surface area (Å²) >= 11 is 0. The molecule has 0 bridgehead atoms. The van der Waals surface area contributed by atoms with Gasteiger partial charge in [0.2, 0.25) is 5.91 Å². The molecule has 8 heteroatoms. The van der Waals surface area contributed by atoms with Crippen LogP contribution in [0.25, 0.3) is 10.9 Å². The number of rotatable bonds is 4. The number of aromatic nitrogens is 1. The van der Waals surface area contributed by atoms with Gasteiger partial charge in [-0.05, 0) is 29.7 Å². The number of hydrogen-bond acceptors (Lipinski definition) is 4. The number of hydrogen-bond donors (Lipinski definition) is 1. The van der Waals surface area contributed by atoms with Crippen molar-refractivity contribution in [1.29, 1.82) is 5.26 Å². The van der Waals surface area contributed by atoms with E-state index in [9.17, 15) is 18.4 Å². The van der Waals surface area contributed by atoms with E-state index < -0.39 is 43.3 Å². The van der Waals surface area contributed by atoms with Crippen LogP contribution in [0.4, 0.5) is 8.78 Å². The number of carbonyl (C=O) groups is 2. The third-order valence-corrected chi connectivity index (χ3v) is 4.82. The van der Waals surface area contributed by atoms with Crippen molar-refractivity contribution in [2.75, 3.05) is 13.1 Å². The number of amides is 2. The predicted octanol–water partition coefficient (Wildman–Crippen LogP) is 2.85. The minimum atomic E-state index is -3.09. The first-order valence-electron chi connectivity index (χ1n) is 8.95. The van der Waals surface area contributed by atoms with Crippen LogP contribution >= 0.6 is 0 Å². The normalized spacial score (nSPS) is 18.3. The van der Waals surface area contributed by atoms with E-state index in [1.807, 2.05) is 32.0 Å². The van der Waals surface area contributed by atoms with Gasteiger partial charge in [-0.1, -0.05) is 19.9 Å². The summed E-state index contributed by atoms with van der Waals surface area (Å²) < 4.78 is 27.0. The number of fused-ring (bicyclic) bond motifs is 1. The Kier molecular flexibility index (Phi) is 5.27. The molecule has 1 aromatic carbocycles. The first-order valence-corrected chi connectivity index (χ1v) is 8.95. The van der Waals surface area contributed by atoms with Crippen molar-refractivity contribution >= 4 is 22.7 Å². The molecule has 3 rings (SSSR count). The van der Waals surface area contributed by atoms with Crippen LogP contribution in [0.5, 0.6) is 0 Å². The molecule has 1 aliphatic rings. The van der Waals surface area contributed by atoms with E-state index in [4.69, 9.17) is 5.26 Å². The molecular weight excluding hydrogens is 366 g/mol. The Morgan fingerprint density at radius 3 is 2.82 bits per heavy atom. The number of likely N-dealkylation sites (tertiary alicyclic amines) is 1. The molecule has 0 radical (unpaired) electrons. The number of nitrogens with zero attached hydrogens (tertiary/aromatic N) is 3. The molecule has 2 aromatic rings. The quantitative estimate of drug-likeness (QED) is 0.876. The maximum absolute atomic E-state index is 13.5.